The maximum atomic E-state index is 10.4. The zero-order chi connectivity index (χ0) is 9.68. The fraction of sp³-hybridized carbons (Fsp3) is 0.222. The lowest BCUT2D eigenvalue weighted by molar-refractivity contribution is -0.136. The molecule has 0 saturated heterocycles. The molecular weight excluding hydrogens is 170 g/mol. The van der Waals surface area contributed by atoms with Gasteiger partial charge in [0.2, 0.25) is 0 Å². The van der Waals surface area contributed by atoms with E-state index in [1.54, 1.807) is 12.1 Å². The zero-order valence-electron chi connectivity index (χ0n) is 6.93. The van der Waals surface area contributed by atoms with Crippen molar-refractivity contribution in [1.29, 1.82) is 0 Å². The van der Waals surface area contributed by atoms with E-state index in [0.29, 0.717) is 24.0 Å². The van der Waals surface area contributed by atoms with Gasteiger partial charge in [0.15, 0.2) is 0 Å². The van der Waals surface area contributed by atoms with E-state index in [1.807, 2.05) is 0 Å². The van der Waals surface area contributed by atoms with E-state index in [0.717, 1.165) is 0 Å². The minimum absolute atomic E-state index is 0.0370. The largest absolute Gasteiger partial charge is 0.481 e. The number of hydrogen-bond acceptors (Lipinski definition) is 3. The van der Waals surface area contributed by atoms with Gasteiger partial charge in [-0.15, -0.1) is 0 Å². The van der Waals surface area contributed by atoms with Crippen LogP contribution in [0.4, 0.5) is 0 Å². The fourth-order valence-electron chi connectivity index (χ4n) is 0.942. The molecule has 68 valence electrons. The molecule has 1 rings (SSSR count). The van der Waals surface area contributed by atoms with Gasteiger partial charge in [0, 0.05) is 23.9 Å². The average molecular weight is 179 g/mol. The Hall–Kier alpha value is -1.71. The second kappa shape index (κ2) is 4.35. The number of aldehydes is 1. The Morgan fingerprint density at radius 2 is 2.38 bits per heavy atom. The monoisotopic (exact) mass is 179 g/mol. The van der Waals surface area contributed by atoms with Crippen molar-refractivity contribution < 1.29 is 14.7 Å². The summed E-state index contributed by atoms with van der Waals surface area (Å²) in [5.41, 5.74) is 1.15. The highest BCUT2D eigenvalue weighted by Gasteiger charge is 2.00. The minimum Gasteiger partial charge on any atom is -0.481 e. The van der Waals surface area contributed by atoms with E-state index in [9.17, 15) is 9.59 Å². The number of pyridine rings is 1. The van der Waals surface area contributed by atoms with Crippen LogP contribution in [0, 0.1) is 0 Å². The second-order valence-electron chi connectivity index (χ2n) is 2.59. The van der Waals surface area contributed by atoms with Crippen molar-refractivity contribution >= 4 is 12.3 Å². The molecular formula is C9H9NO3. The number of nitrogens with zero attached hydrogens (tertiary/aromatic N) is 1. The van der Waals surface area contributed by atoms with Crippen LogP contribution < -0.4 is 0 Å². The van der Waals surface area contributed by atoms with Crippen LogP contribution in [0.25, 0.3) is 0 Å². The van der Waals surface area contributed by atoms with E-state index in [-0.39, 0.29) is 6.42 Å². The molecule has 0 aliphatic rings. The Morgan fingerprint density at radius 3 is 3.00 bits per heavy atom. The molecule has 0 saturated carbocycles. The molecule has 0 amide bonds. The molecule has 4 heteroatoms. The third-order valence-electron chi connectivity index (χ3n) is 1.57. The topological polar surface area (TPSA) is 67.3 Å². The molecule has 0 aromatic carbocycles. The van der Waals surface area contributed by atoms with Crippen LogP contribution in [0.5, 0.6) is 0 Å². The van der Waals surface area contributed by atoms with Crippen molar-refractivity contribution in [3.8, 4) is 0 Å². The maximum absolute atomic E-state index is 10.4. The van der Waals surface area contributed by atoms with Gasteiger partial charge in [-0.1, -0.05) is 0 Å². The van der Waals surface area contributed by atoms with Crippen molar-refractivity contribution in [2.75, 3.05) is 0 Å². The maximum Gasteiger partial charge on any atom is 0.303 e. The van der Waals surface area contributed by atoms with Gasteiger partial charge in [-0.25, -0.2) is 0 Å². The first-order valence-electron chi connectivity index (χ1n) is 3.84. The summed E-state index contributed by atoms with van der Waals surface area (Å²) in [6.45, 7) is 0. The Bertz CT molecular complexity index is 322. The van der Waals surface area contributed by atoms with Crippen LogP contribution in [0.2, 0.25) is 0 Å². The number of aromatic nitrogens is 1. The summed E-state index contributed by atoms with van der Waals surface area (Å²) < 4.78 is 0. The van der Waals surface area contributed by atoms with E-state index >= 15 is 0 Å². The quantitative estimate of drug-likeness (QED) is 0.697. The molecule has 0 atom stereocenters. The standard InChI is InChI=1S/C9H9NO3/c11-6-7-3-4-10-8(5-7)1-2-9(12)13/h3-6H,1-2H2,(H,12,13). The first kappa shape index (κ1) is 9.38. The number of carbonyl (C=O) groups is 2. The Morgan fingerprint density at radius 1 is 1.62 bits per heavy atom. The van der Waals surface area contributed by atoms with Gasteiger partial charge in [-0.3, -0.25) is 14.6 Å². The van der Waals surface area contributed by atoms with Crippen molar-refractivity contribution in [2.24, 2.45) is 0 Å². The first-order valence-corrected chi connectivity index (χ1v) is 3.84. The molecule has 0 unspecified atom stereocenters. The lowest BCUT2D eigenvalue weighted by Gasteiger charge is -1.97. The van der Waals surface area contributed by atoms with Crippen LogP contribution in [-0.4, -0.2) is 22.3 Å². The Balaban J connectivity index is 2.66. The van der Waals surface area contributed by atoms with E-state index in [4.69, 9.17) is 5.11 Å². The molecule has 1 aromatic heterocycles. The van der Waals surface area contributed by atoms with Crippen molar-refractivity contribution in [1.82, 2.24) is 4.98 Å². The first-order chi connectivity index (χ1) is 6.22. The molecule has 0 radical (unpaired) electrons. The lowest BCUT2D eigenvalue weighted by atomic mass is 10.2. The molecule has 1 aromatic rings. The third kappa shape index (κ3) is 3.02. The smallest absolute Gasteiger partial charge is 0.303 e. The summed E-state index contributed by atoms with van der Waals surface area (Å²) in [5.74, 6) is -0.863. The predicted octanol–water partition coefficient (Wildman–Crippen LogP) is 0.911. The highest BCUT2D eigenvalue weighted by Crippen LogP contribution is 2.02. The highest BCUT2D eigenvalue weighted by atomic mass is 16.4. The fourth-order valence-corrected chi connectivity index (χ4v) is 0.942. The minimum atomic E-state index is -0.863. The highest BCUT2D eigenvalue weighted by molar-refractivity contribution is 5.74. The summed E-state index contributed by atoms with van der Waals surface area (Å²) in [6.07, 6.45) is 2.61. The normalized spacial score (nSPS) is 9.54. The number of carboxylic acid groups (broad SMARTS) is 1. The van der Waals surface area contributed by atoms with Crippen molar-refractivity contribution in [3.05, 3.63) is 29.6 Å². The Kier molecular flexibility index (Phi) is 3.14. The average Bonchev–Trinajstić information content (AvgIpc) is 2.15. The number of aryl methyl sites for hydroxylation is 1. The zero-order valence-corrected chi connectivity index (χ0v) is 6.93. The number of aliphatic carboxylic acids is 1. The molecule has 1 heterocycles. The molecule has 0 fully saturated rings. The van der Waals surface area contributed by atoms with E-state index < -0.39 is 5.97 Å². The molecule has 0 spiro atoms. The summed E-state index contributed by atoms with van der Waals surface area (Å²) in [7, 11) is 0. The van der Waals surface area contributed by atoms with Crippen molar-refractivity contribution in [2.45, 2.75) is 12.8 Å². The van der Waals surface area contributed by atoms with Gasteiger partial charge in [0.1, 0.15) is 6.29 Å². The summed E-state index contributed by atoms with van der Waals surface area (Å²) in [5, 5.41) is 8.40. The van der Waals surface area contributed by atoms with Crippen LogP contribution in [0.15, 0.2) is 18.3 Å². The van der Waals surface area contributed by atoms with Crippen LogP contribution in [0.1, 0.15) is 22.5 Å². The number of carbonyl (C=O) groups excluding carboxylic acids is 1. The Labute approximate surface area is 75.2 Å². The third-order valence-corrected chi connectivity index (χ3v) is 1.57. The van der Waals surface area contributed by atoms with Gasteiger partial charge in [-0.2, -0.15) is 0 Å². The SMILES string of the molecule is O=Cc1ccnc(CCC(=O)O)c1. The van der Waals surface area contributed by atoms with Crippen LogP contribution in [0.3, 0.4) is 0 Å². The van der Waals surface area contributed by atoms with Gasteiger partial charge in [0.25, 0.3) is 0 Å². The van der Waals surface area contributed by atoms with Gasteiger partial charge in [0.05, 0.1) is 6.42 Å². The number of hydrogen-bond donors (Lipinski definition) is 1. The van der Waals surface area contributed by atoms with E-state index in [1.165, 1.54) is 6.20 Å². The lowest BCUT2D eigenvalue weighted by Crippen LogP contribution is -1.99. The summed E-state index contributed by atoms with van der Waals surface area (Å²) in [6, 6.07) is 3.17. The van der Waals surface area contributed by atoms with E-state index in [2.05, 4.69) is 4.98 Å². The van der Waals surface area contributed by atoms with Crippen molar-refractivity contribution in [3.63, 3.8) is 0 Å². The molecule has 13 heavy (non-hydrogen) atoms. The van der Waals surface area contributed by atoms with Crippen LogP contribution >= 0.6 is 0 Å². The van der Waals surface area contributed by atoms with Gasteiger partial charge in [-0.05, 0) is 12.1 Å². The second-order valence-corrected chi connectivity index (χ2v) is 2.59. The summed E-state index contributed by atoms with van der Waals surface area (Å²) >= 11 is 0. The summed E-state index contributed by atoms with van der Waals surface area (Å²) in [4.78, 5) is 24.5. The molecule has 0 aliphatic carbocycles. The molecule has 4 nitrogen and oxygen atoms in total. The molecule has 1 N–H and O–H groups in total. The predicted molar refractivity (Wildman–Crippen MR) is 45.6 cm³/mol. The molecule has 0 aliphatic heterocycles. The van der Waals surface area contributed by atoms with Gasteiger partial charge >= 0.3 is 5.97 Å². The number of rotatable bonds is 4. The molecule has 0 bridgehead atoms. The van der Waals surface area contributed by atoms with Crippen LogP contribution in [-0.2, 0) is 11.2 Å². The number of carboxylic acids is 1. The van der Waals surface area contributed by atoms with Gasteiger partial charge < -0.3 is 5.11 Å².